The molecule has 1 aromatic rings. The molecule has 108 valence electrons. The summed E-state index contributed by atoms with van der Waals surface area (Å²) in [6.45, 7) is 2.86. The lowest BCUT2D eigenvalue weighted by molar-refractivity contribution is 0.0697. The number of carbonyl (C=O) groups is 2. The quantitative estimate of drug-likeness (QED) is 0.770. The second-order valence-electron chi connectivity index (χ2n) is 5.03. The molecule has 0 spiro atoms. The molecule has 0 bridgehead atoms. The fourth-order valence-electron chi connectivity index (χ4n) is 2.76. The van der Waals surface area contributed by atoms with Crippen LogP contribution in [0.3, 0.4) is 0 Å². The van der Waals surface area contributed by atoms with Gasteiger partial charge in [-0.2, -0.15) is 0 Å². The fraction of sp³-hybridized carbons (Fsp3) is 0.538. The average molecular weight is 295 g/mol. The number of fused-ring (bicyclic) bond motifs is 1. The predicted octanol–water partition coefficient (Wildman–Crippen LogP) is 1.37. The molecular formula is C13H17N3O3S. The third kappa shape index (κ3) is 2.38. The number of anilines is 1. The van der Waals surface area contributed by atoms with Gasteiger partial charge in [0.2, 0.25) is 0 Å². The molecule has 3 rings (SSSR count). The number of hydrogen-bond donors (Lipinski definition) is 3. The van der Waals surface area contributed by atoms with Gasteiger partial charge in [-0.25, -0.2) is 9.59 Å². The van der Waals surface area contributed by atoms with Crippen LogP contribution in [0.2, 0.25) is 0 Å². The standard InChI is InChI=1S/C13H17N3O3S/c17-12(18)10-8-2-1-3-9(8)20-11(10)15-13(19)16-6-4-14-5-7-16/h14H,1-7H2,(H,15,19)(H,17,18). The lowest BCUT2D eigenvalue weighted by Gasteiger charge is -2.27. The highest BCUT2D eigenvalue weighted by Gasteiger charge is 2.28. The minimum Gasteiger partial charge on any atom is -0.478 e. The Bertz CT molecular complexity index is 549. The zero-order valence-corrected chi connectivity index (χ0v) is 11.9. The summed E-state index contributed by atoms with van der Waals surface area (Å²) >= 11 is 1.41. The van der Waals surface area contributed by atoms with Crippen LogP contribution in [0.4, 0.5) is 9.80 Å². The van der Waals surface area contributed by atoms with Gasteiger partial charge in [-0.3, -0.25) is 5.32 Å². The summed E-state index contributed by atoms with van der Waals surface area (Å²) in [6.07, 6.45) is 2.73. The summed E-state index contributed by atoms with van der Waals surface area (Å²) in [7, 11) is 0. The van der Waals surface area contributed by atoms with Gasteiger partial charge in [0.25, 0.3) is 0 Å². The van der Waals surface area contributed by atoms with Crippen LogP contribution in [0.15, 0.2) is 0 Å². The van der Waals surface area contributed by atoms with Gasteiger partial charge in [0, 0.05) is 31.1 Å². The first-order valence-electron chi connectivity index (χ1n) is 6.81. The number of carboxylic acids is 1. The second-order valence-corrected chi connectivity index (χ2v) is 6.14. The largest absolute Gasteiger partial charge is 0.478 e. The topological polar surface area (TPSA) is 81.7 Å². The molecule has 3 N–H and O–H groups in total. The van der Waals surface area contributed by atoms with Crippen LogP contribution >= 0.6 is 11.3 Å². The van der Waals surface area contributed by atoms with Crippen molar-refractivity contribution < 1.29 is 14.7 Å². The smallest absolute Gasteiger partial charge is 0.339 e. The molecule has 0 unspecified atom stereocenters. The molecule has 1 aliphatic heterocycles. The van der Waals surface area contributed by atoms with Gasteiger partial charge in [-0.15, -0.1) is 11.3 Å². The number of urea groups is 1. The minimum atomic E-state index is -0.944. The van der Waals surface area contributed by atoms with Crippen LogP contribution < -0.4 is 10.6 Å². The van der Waals surface area contributed by atoms with Gasteiger partial charge in [-0.05, 0) is 24.8 Å². The summed E-state index contributed by atoms with van der Waals surface area (Å²) in [5.74, 6) is -0.944. The van der Waals surface area contributed by atoms with Gasteiger partial charge >= 0.3 is 12.0 Å². The Morgan fingerprint density at radius 1 is 1.25 bits per heavy atom. The fourth-order valence-corrected chi connectivity index (χ4v) is 4.03. The Labute approximate surface area is 120 Å². The van der Waals surface area contributed by atoms with Crippen molar-refractivity contribution in [2.45, 2.75) is 19.3 Å². The van der Waals surface area contributed by atoms with Crippen molar-refractivity contribution in [1.82, 2.24) is 10.2 Å². The molecule has 6 nitrogen and oxygen atoms in total. The lowest BCUT2D eigenvalue weighted by Crippen LogP contribution is -2.48. The number of nitrogens with zero attached hydrogens (tertiary/aromatic N) is 1. The number of carboxylic acid groups (broad SMARTS) is 1. The number of piperazine rings is 1. The number of carbonyl (C=O) groups excluding carboxylic acids is 1. The van der Waals surface area contributed by atoms with E-state index in [9.17, 15) is 14.7 Å². The van der Waals surface area contributed by atoms with Crippen molar-refractivity contribution >= 4 is 28.3 Å². The minimum absolute atomic E-state index is 0.200. The molecule has 1 saturated heterocycles. The van der Waals surface area contributed by atoms with E-state index in [0.29, 0.717) is 23.7 Å². The Morgan fingerprint density at radius 3 is 2.70 bits per heavy atom. The molecule has 1 aliphatic carbocycles. The average Bonchev–Trinajstić information content (AvgIpc) is 2.99. The summed E-state index contributed by atoms with van der Waals surface area (Å²) in [6, 6.07) is -0.200. The molecule has 0 saturated carbocycles. The Balaban J connectivity index is 1.80. The van der Waals surface area contributed by atoms with Crippen LogP contribution in [0, 0.1) is 0 Å². The zero-order chi connectivity index (χ0) is 14.1. The highest BCUT2D eigenvalue weighted by molar-refractivity contribution is 7.17. The Morgan fingerprint density at radius 2 is 2.00 bits per heavy atom. The van der Waals surface area contributed by atoms with Crippen molar-refractivity contribution in [2.75, 3.05) is 31.5 Å². The van der Waals surface area contributed by atoms with E-state index in [0.717, 1.165) is 42.8 Å². The van der Waals surface area contributed by atoms with E-state index >= 15 is 0 Å². The van der Waals surface area contributed by atoms with E-state index in [1.54, 1.807) is 4.90 Å². The number of aryl methyl sites for hydroxylation is 1. The molecule has 2 heterocycles. The predicted molar refractivity (Wildman–Crippen MR) is 76.8 cm³/mol. The molecule has 1 fully saturated rings. The summed E-state index contributed by atoms with van der Waals surface area (Å²) in [4.78, 5) is 26.4. The summed E-state index contributed by atoms with van der Waals surface area (Å²) < 4.78 is 0. The number of hydrogen-bond acceptors (Lipinski definition) is 4. The van der Waals surface area contributed by atoms with Gasteiger partial charge in [0.1, 0.15) is 5.00 Å². The summed E-state index contributed by atoms with van der Waals surface area (Å²) in [5, 5.41) is 15.8. The van der Waals surface area contributed by atoms with E-state index in [1.807, 2.05) is 0 Å². The van der Waals surface area contributed by atoms with Gasteiger partial charge in [0.05, 0.1) is 5.56 Å². The van der Waals surface area contributed by atoms with E-state index in [1.165, 1.54) is 11.3 Å². The molecule has 0 radical (unpaired) electrons. The lowest BCUT2D eigenvalue weighted by atomic mass is 10.1. The maximum atomic E-state index is 12.2. The first-order chi connectivity index (χ1) is 9.66. The number of aromatic carboxylic acids is 1. The van der Waals surface area contributed by atoms with Crippen molar-refractivity contribution in [2.24, 2.45) is 0 Å². The van der Waals surface area contributed by atoms with Crippen LogP contribution in [0.25, 0.3) is 0 Å². The van der Waals surface area contributed by atoms with Gasteiger partial charge < -0.3 is 15.3 Å². The maximum absolute atomic E-state index is 12.2. The monoisotopic (exact) mass is 295 g/mol. The van der Waals surface area contributed by atoms with Crippen LogP contribution in [-0.2, 0) is 12.8 Å². The SMILES string of the molecule is O=C(O)c1c(NC(=O)N2CCNCC2)sc2c1CCC2. The Hall–Kier alpha value is -1.60. The molecule has 7 heteroatoms. The third-order valence-electron chi connectivity index (χ3n) is 3.76. The second kappa shape index (κ2) is 5.41. The first kappa shape index (κ1) is 13.4. The Kier molecular flexibility index (Phi) is 3.62. The van der Waals surface area contributed by atoms with Crippen LogP contribution in [0.5, 0.6) is 0 Å². The maximum Gasteiger partial charge on any atom is 0.339 e. The van der Waals surface area contributed by atoms with Crippen molar-refractivity contribution in [3.63, 3.8) is 0 Å². The highest BCUT2D eigenvalue weighted by Crippen LogP contribution is 2.39. The number of rotatable bonds is 2. The molecule has 2 aliphatic rings. The number of amides is 2. The van der Waals surface area contributed by atoms with E-state index < -0.39 is 5.97 Å². The van der Waals surface area contributed by atoms with E-state index in [4.69, 9.17) is 0 Å². The molecule has 20 heavy (non-hydrogen) atoms. The van der Waals surface area contributed by atoms with Crippen LogP contribution in [0.1, 0.15) is 27.2 Å². The third-order valence-corrected chi connectivity index (χ3v) is 4.97. The number of nitrogens with one attached hydrogen (secondary N) is 2. The van der Waals surface area contributed by atoms with E-state index in [2.05, 4.69) is 10.6 Å². The zero-order valence-electron chi connectivity index (χ0n) is 11.1. The molecular weight excluding hydrogens is 278 g/mol. The molecule has 0 aromatic carbocycles. The number of thiophene rings is 1. The summed E-state index contributed by atoms with van der Waals surface area (Å²) in [5.41, 5.74) is 1.21. The molecule has 0 atom stereocenters. The molecule has 2 amide bonds. The van der Waals surface area contributed by atoms with Gasteiger partial charge in [-0.1, -0.05) is 0 Å². The van der Waals surface area contributed by atoms with Crippen molar-refractivity contribution in [3.05, 3.63) is 16.0 Å². The molecule has 1 aromatic heterocycles. The van der Waals surface area contributed by atoms with Crippen molar-refractivity contribution in [1.29, 1.82) is 0 Å². The van der Waals surface area contributed by atoms with Gasteiger partial charge in [0.15, 0.2) is 0 Å². The van der Waals surface area contributed by atoms with Crippen LogP contribution in [-0.4, -0.2) is 48.2 Å². The normalized spacial score (nSPS) is 17.9. The van der Waals surface area contributed by atoms with Crippen molar-refractivity contribution in [3.8, 4) is 0 Å². The van der Waals surface area contributed by atoms with E-state index in [-0.39, 0.29) is 6.03 Å². The first-order valence-corrected chi connectivity index (χ1v) is 7.63. The highest BCUT2D eigenvalue weighted by atomic mass is 32.1.